The normalized spacial score (nSPS) is 29.3. The second-order valence-corrected chi connectivity index (χ2v) is 9.08. The molecule has 152 valence electrons. The van der Waals surface area contributed by atoms with Crippen LogP contribution in [0.4, 0.5) is 5.82 Å². The third kappa shape index (κ3) is 3.42. The number of anilines is 1. The lowest BCUT2D eigenvalue weighted by Crippen LogP contribution is -2.60. The van der Waals surface area contributed by atoms with Gasteiger partial charge in [0.05, 0.1) is 5.56 Å². The van der Waals surface area contributed by atoms with Gasteiger partial charge in [0.2, 0.25) is 0 Å². The zero-order valence-corrected chi connectivity index (χ0v) is 17.1. The van der Waals surface area contributed by atoms with Gasteiger partial charge in [-0.25, -0.2) is 4.98 Å². The van der Waals surface area contributed by atoms with E-state index in [1.807, 2.05) is 19.1 Å². The number of amides is 1. The first kappa shape index (κ1) is 18.6. The molecular formula is C24H30N4O. The molecule has 1 amide bonds. The molecule has 4 heterocycles. The van der Waals surface area contributed by atoms with Crippen molar-refractivity contribution in [1.82, 2.24) is 9.88 Å². The second kappa shape index (κ2) is 7.45. The summed E-state index contributed by atoms with van der Waals surface area (Å²) in [6, 6.07) is 15.9. The van der Waals surface area contributed by atoms with E-state index in [4.69, 9.17) is 10.7 Å². The highest BCUT2D eigenvalue weighted by atomic mass is 16.1. The van der Waals surface area contributed by atoms with Crippen LogP contribution in [-0.2, 0) is 0 Å². The number of aryl methyl sites for hydroxylation is 1. The van der Waals surface area contributed by atoms with E-state index >= 15 is 0 Å². The molecule has 29 heavy (non-hydrogen) atoms. The molecule has 2 bridgehead atoms. The zero-order chi connectivity index (χ0) is 20.0. The summed E-state index contributed by atoms with van der Waals surface area (Å²) >= 11 is 0. The number of hydrogen-bond donors (Lipinski definition) is 1. The Balaban J connectivity index is 1.42. The van der Waals surface area contributed by atoms with Gasteiger partial charge in [-0.1, -0.05) is 30.3 Å². The SMILES string of the molecule is Cc1ccc(C(N)=O)c(N2C[C@@H]3C[C@H](C2)[C@@H]2CCC[C@H](c4ccccc4)N2C3)n1. The van der Waals surface area contributed by atoms with Crippen molar-refractivity contribution < 1.29 is 4.79 Å². The van der Waals surface area contributed by atoms with Crippen molar-refractivity contribution in [3.05, 3.63) is 59.3 Å². The number of rotatable bonds is 3. The van der Waals surface area contributed by atoms with E-state index in [0.717, 1.165) is 31.1 Å². The molecule has 3 aliphatic rings. The molecule has 1 aromatic heterocycles. The Bertz CT molecular complexity index is 899. The minimum atomic E-state index is -0.383. The van der Waals surface area contributed by atoms with Crippen LogP contribution < -0.4 is 10.6 Å². The predicted molar refractivity (Wildman–Crippen MR) is 115 cm³/mol. The first-order valence-corrected chi connectivity index (χ1v) is 10.9. The van der Waals surface area contributed by atoms with E-state index in [2.05, 4.69) is 40.1 Å². The quantitative estimate of drug-likeness (QED) is 0.871. The van der Waals surface area contributed by atoms with E-state index in [9.17, 15) is 4.79 Å². The van der Waals surface area contributed by atoms with E-state index < -0.39 is 0 Å². The zero-order valence-electron chi connectivity index (χ0n) is 17.1. The van der Waals surface area contributed by atoms with Crippen LogP contribution in [0, 0.1) is 18.8 Å². The maximum absolute atomic E-state index is 12.0. The second-order valence-electron chi connectivity index (χ2n) is 9.08. The van der Waals surface area contributed by atoms with Gasteiger partial charge in [0.25, 0.3) is 5.91 Å². The lowest BCUT2D eigenvalue weighted by atomic mass is 9.74. The minimum absolute atomic E-state index is 0.383. The monoisotopic (exact) mass is 390 g/mol. The Morgan fingerprint density at radius 1 is 1.07 bits per heavy atom. The van der Waals surface area contributed by atoms with Gasteiger partial charge in [0, 0.05) is 37.4 Å². The fourth-order valence-corrected chi connectivity index (χ4v) is 5.99. The Morgan fingerprint density at radius 3 is 2.69 bits per heavy atom. The third-order valence-corrected chi connectivity index (χ3v) is 7.15. The van der Waals surface area contributed by atoms with Crippen molar-refractivity contribution in [3.8, 4) is 0 Å². The van der Waals surface area contributed by atoms with Crippen molar-refractivity contribution in [1.29, 1.82) is 0 Å². The van der Waals surface area contributed by atoms with Crippen LogP contribution in [-0.4, -0.2) is 41.5 Å². The Hall–Kier alpha value is -2.40. The van der Waals surface area contributed by atoms with Crippen molar-refractivity contribution in [2.45, 2.75) is 44.7 Å². The highest BCUT2D eigenvalue weighted by molar-refractivity contribution is 5.97. The molecule has 2 N–H and O–H groups in total. The standard InChI is InChI=1S/C24H30N4O/c1-16-10-11-20(23(25)29)24(26-16)27-13-17-12-19(15-27)22-9-5-8-21(28(22)14-17)18-6-3-2-4-7-18/h2-4,6-7,10-11,17,19,21-22H,5,8-9,12-15H2,1H3,(H2,25,29)/t17-,19+,21+,22-/m0/s1. The number of benzene rings is 1. The molecule has 3 aliphatic heterocycles. The number of fused-ring (bicyclic) bond motifs is 4. The van der Waals surface area contributed by atoms with Crippen LogP contribution in [0.1, 0.15) is 53.3 Å². The van der Waals surface area contributed by atoms with Gasteiger partial charge >= 0.3 is 0 Å². The number of pyridine rings is 1. The molecule has 0 saturated carbocycles. The highest BCUT2D eigenvalue weighted by Crippen LogP contribution is 2.45. The number of carbonyl (C=O) groups is 1. The fourth-order valence-electron chi connectivity index (χ4n) is 5.99. The molecule has 5 rings (SSSR count). The Kier molecular flexibility index (Phi) is 4.78. The van der Waals surface area contributed by atoms with Crippen LogP contribution in [0.5, 0.6) is 0 Å². The van der Waals surface area contributed by atoms with E-state index in [0.29, 0.717) is 29.5 Å². The smallest absolute Gasteiger partial charge is 0.252 e. The number of carbonyl (C=O) groups excluding carboxylic acids is 1. The van der Waals surface area contributed by atoms with Crippen LogP contribution >= 0.6 is 0 Å². The first-order chi connectivity index (χ1) is 14.1. The molecule has 1 aromatic carbocycles. The number of nitrogens with zero attached hydrogens (tertiary/aromatic N) is 3. The van der Waals surface area contributed by atoms with Gasteiger partial charge in [-0.3, -0.25) is 9.69 Å². The number of nitrogens with two attached hydrogens (primary N) is 1. The lowest BCUT2D eigenvalue weighted by Gasteiger charge is -2.55. The molecule has 3 fully saturated rings. The number of primary amides is 1. The van der Waals surface area contributed by atoms with Crippen LogP contribution in [0.2, 0.25) is 0 Å². The maximum atomic E-state index is 12.0. The van der Waals surface area contributed by atoms with Crippen LogP contribution in [0.15, 0.2) is 42.5 Å². The molecule has 0 radical (unpaired) electrons. The molecule has 4 atom stereocenters. The summed E-state index contributed by atoms with van der Waals surface area (Å²) < 4.78 is 0. The average Bonchev–Trinajstić information content (AvgIpc) is 2.73. The minimum Gasteiger partial charge on any atom is -0.365 e. The molecule has 2 aromatic rings. The van der Waals surface area contributed by atoms with Crippen LogP contribution in [0.25, 0.3) is 0 Å². The molecular weight excluding hydrogens is 360 g/mol. The van der Waals surface area contributed by atoms with Gasteiger partial charge in [-0.05, 0) is 62.1 Å². The summed E-state index contributed by atoms with van der Waals surface area (Å²) in [7, 11) is 0. The molecule has 0 unspecified atom stereocenters. The topological polar surface area (TPSA) is 62.5 Å². The van der Waals surface area contributed by atoms with Crippen molar-refractivity contribution in [2.75, 3.05) is 24.5 Å². The highest BCUT2D eigenvalue weighted by Gasteiger charge is 2.45. The van der Waals surface area contributed by atoms with Gasteiger partial charge in [0.15, 0.2) is 0 Å². The van der Waals surface area contributed by atoms with Crippen molar-refractivity contribution in [2.24, 2.45) is 17.6 Å². The van der Waals surface area contributed by atoms with Gasteiger partial charge in [-0.15, -0.1) is 0 Å². The van der Waals surface area contributed by atoms with Gasteiger partial charge in [-0.2, -0.15) is 0 Å². The van der Waals surface area contributed by atoms with Crippen molar-refractivity contribution in [3.63, 3.8) is 0 Å². The van der Waals surface area contributed by atoms with Gasteiger partial charge < -0.3 is 10.6 Å². The van der Waals surface area contributed by atoms with E-state index in [1.54, 1.807) is 0 Å². The molecule has 5 nitrogen and oxygen atoms in total. The number of hydrogen-bond acceptors (Lipinski definition) is 4. The van der Waals surface area contributed by atoms with Gasteiger partial charge in [0.1, 0.15) is 5.82 Å². The molecule has 3 saturated heterocycles. The maximum Gasteiger partial charge on any atom is 0.252 e. The summed E-state index contributed by atoms with van der Waals surface area (Å²) in [6.07, 6.45) is 5.11. The molecule has 0 spiro atoms. The fraction of sp³-hybridized carbons (Fsp3) is 0.500. The first-order valence-electron chi connectivity index (χ1n) is 10.9. The Morgan fingerprint density at radius 2 is 1.90 bits per heavy atom. The summed E-state index contributed by atoms with van der Waals surface area (Å²) in [5, 5.41) is 0. The number of aromatic nitrogens is 1. The number of piperidine rings is 3. The summed E-state index contributed by atoms with van der Waals surface area (Å²) in [5.74, 6) is 1.64. The summed E-state index contributed by atoms with van der Waals surface area (Å²) in [6.45, 7) is 5.04. The average molecular weight is 391 g/mol. The van der Waals surface area contributed by atoms with Crippen molar-refractivity contribution >= 4 is 11.7 Å². The summed E-state index contributed by atoms with van der Waals surface area (Å²) in [5.41, 5.74) is 8.61. The summed E-state index contributed by atoms with van der Waals surface area (Å²) in [4.78, 5) is 21.9. The molecule has 0 aliphatic carbocycles. The lowest BCUT2D eigenvalue weighted by molar-refractivity contribution is -0.0201. The molecule has 5 heteroatoms. The van der Waals surface area contributed by atoms with E-state index in [1.165, 1.54) is 31.2 Å². The Labute approximate surface area is 172 Å². The van der Waals surface area contributed by atoms with Crippen LogP contribution in [0.3, 0.4) is 0 Å². The largest absolute Gasteiger partial charge is 0.365 e. The van der Waals surface area contributed by atoms with E-state index in [-0.39, 0.29) is 5.91 Å². The third-order valence-electron chi connectivity index (χ3n) is 7.15. The predicted octanol–water partition coefficient (Wildman–Crippen LogP) is 3.54.